The summed E-state index contributed by atoms with van der Waals surface area (Å²) in [6.07, 6.45) is 0.292. The summed E-state index contributed by atoms with van der Waals surface area (Å²) in [5.41, 5.74) is 5.29. The molecule has 0 fully saturated rings. The number of hydrogen-bond acceptors (Lipinski definition) is 9. The molecule has 1 aromatic heterocycles. The predicted molar refractivity (Wildman–Crippen MR) is 68.8 cm³/mol. The summed E-state index contributed by atoms with van der Waals surface area (Å²) in [5, 5.41) is 4.94. The van der Waals surface area contributed by atoms with E-state index in [4.69, 9.17) is 20.4 Å². The first-order valence-electron chi connectivity index (χ1n) is 5.49. The largest absolute Gasteiger partial charge is 0.481 e. The Morgan fingerprint density at radius 3 is 2.64 bits per heavy atom. The number of carbonyl (C=O) groups is 1. The number of phosphoric ester groups is 1. The first-order chi connectivity index (χ1) is 10.1. The lowest BCUT2D eigenvalue weighted by Gasteiger charge is -2.23. The van der Waals surface area contributed by atoms with Gasteiger partial charge in [-0.25, -0.2) is 19.1 Å². The average molecular weight is 355 g/mol. The van der Waals surface area contributed by atoms with E-state index in [1.165, 1.54) is 0 Å². The van der Waals surface area contributed by atoms with Crippen LogP contribution < -0.4 is 16.4 Å². The molecule has 2 rings (SSSR count). The lowest BCUT2D eigenvalue weighted by Crippen LogP contribution is -2.51. The van der Waals surface area contributed by atoms with Crippen LogP contribution in [0.3, 0.4) is 0 Å². The molecule has 1 aliphatic heterocycles. The zero-order chi connectivity index (χ0) is 16.5. The van der Waals surface area contributed by atoms with Gasteiger partial charge in [-0.05, 0) is 0 Å². The van der Waals surface area contributed by atoms with Crippen molar-refractivity contribution >= 4 is 27.4 Å². The lowest BCUT2D eigenvalue weighted by molar-refractivity contribution is 0.0930. The van der Waals surface area contributed by atoms with Gasteiger partial charge >= 0.3 is 15.6 Å². The summed E-state index contributed by atoms with van der Waals surface area (Å²) in [6.45, 7) is -0.673. The third-order valence-electron chi connectivity index (χ3n) is 2.20. The predicted octanol–water partition coefficient (Wildman–Crippen LogP) is -1.40. The van der Waals surface area contributed by atoms with Crippen molar-refractivity contribution in [3.05, 3.63) is 17.6 Å². The van der Waals surface area contributed by atoms with Gasteiger partial charge < -0.3 is 25.3 Å². The molecule has 0 saturated carbocycles. The summed E-state index contributed by atoms with van der Waals surface area (Å²) in [7, 11) is -10.2. The number of fused-ring (bicyclic) bond motifs is 1. The summed E-state index contributed by atoms with van der Waals surface area (Å²) in [5.74, 6) is -0.507. The van der Waals surface area contributed by atoms with E-state index in [0.717, 1.165) is 6.20 Å². The quantitative estimate of drug-likeness (QED) is 0.337. The topological polar surface area (TPSA) is 206 Å². The molecule has 0 aliphatic carbocycles. The molecular weight excluding hydrogens is 344 g/mol. The van der Waals surface area contributed by atoms with Crippen molar-refractivity contribution in [2.75, 3.05) is 5.32 Å². The summed E-state index contributed by atoms with van der Waals surface area (Å²) >= 11 is 0. The van der Waals surface area contributed by atoms with Crippen molar-refractivity contribution in [3.63, 3.8) is 0 Å². The molecule has 2 unspecified atom stereocenters. The Morgan fingerprint density at radius 2 is 2.00 bits per heavy atom. The number of carbonyl (C=O) groups excluding carboxylic acids is 1. The molecule has 2 atom stereocenters. The first-order valence-corrected chi connectivity index (χ1v) is 8.51. The SMILES string of the molecule is NC1NC(=O)c2nc(COP(=O)(O)OP(=O)(O)O)cnc2N1. The Kier molecular flexibility index (Phi) is 4.61. The van der Waals surface area contributed by atoms with Gasteiger partial charge in [0.2, 0.25) is 0 Å². The molecule has 7 N–H and O–H groups in total. The standard InChI is InChI=1S/C7H11N5O8P2/c8-7-11-5-4(6(13)12-7)10-3(1-9-5)2-19-22(17,18)20-21(14,15)16/h1,7H,2,8H2,(H,9,11)(H,12,13)(H,17,18)(H2,14,15,16). The molecule has 1 aliphatic rings. The van der Waals surface area contributed by atoms with Crippen molar-refractivity contribution in [3.8, 4) is 0 Å². The minimum atomic E-state index is -5.21. The number of anilines is 1. The second-order valence-corrected chi connectivity index (χ2v) is 6.80. The molecular formula is C7H11N5O8P2. The first kappa shape index (κ1) is 16.9. The van der Waals surface area contributed by atoms with Crippen LogP contribution in [-0.2, 0) is 24.6 Å². The number of aromatic nitrogens is 2. The van der Waals surface area contributed by atoms with Crippen molar-refractivity contribution < 1.29 is 37.4 Å². The number of hydrogen-bond donors (Lipinski definition) is 6. The second kappa shape index (κ2) is 5.99. The zero-order valence-corrected chi connectivity index (χ0v) is 12.4. The summed E-state index contributed by atoms with van der Waals surface area (Å²) in [4.78, 5) is 45.3. The number of nitrogens with two attached hydrogens (primary N) is 1. The van der Waals surface area contributed by atoms with Gasteiger partial charge in [0.05, 0.1) is 11.9 Å². The Hall–Kier alpha value is -1.43. The van der Waals surface area contributed by atoms with E-state index in [1.807, 2.05) is 0 Å². The van der Waals surface area contributed by atoms with Crippen LogP contribution in [-0.4, -0.2) is 36.8 Å². The van der Waals surface area contributed by atoms with Gasteiger partial charge in [-0.3, -0.25) is 15.1 Å². The molecule has 2 heterocycles. The van der Waals surface area contributed by atoms with Crippen LogP contribution in [0.25, 0.3) is 0 Å². The van der Waals surface area contributed by atoms with Gasteiger partial charge in [0, 0.05) is 0 Å². The highest BCUT2D eigenvalue weighted by atomic mass is 31.3. The maximum Gasteiger partial charge on any atom is 0.481 e. The maximum atomic E-state index is 11.6. The molecule has 13 nitrogen and oxygen atoms in total. The number of phosphoric acid groups is 2. The molecule has 15 heteroatoms. The number of amides is 1. The average Bonchev–Trinajstić information content (AvgIpc) is 2.33. The second-order valence-electron chi connectivity index (χ2n) is 3.97. The van der Waals surface area contributed by atoms with Crippen molar-refractivity contribution in [1.82, 2.24) is 15.3 Å². The van der Waals surface area contributed by atoms with Gasteiger partial charge in [-0.2, -0.15) is 4.31 Å². The van der Waals surface area contributed by atoms with Crippen LogP contribution in [0.4, 0.5) is 5.82 Å². The Bertz CT molecular complexity index is 691. The minimum Gasteiger partial charge on any atom is -0.336 e. The van der Waals surface area contributed by atoms with Crippen LogP contribution in [0.15, 0.2) is 6.20 Å². The van der Waals surface area contributed by atoms with Crippen molar-refractivity contribution in [1.29, 1.82) is 0 Å². The van der Waals surface area contributed by atoms with Crippen LogP contribution >= 0.6 is 15.6 Å². The van der Waals surface area contributed by atoms with Crippen LogP contribution in [0.1, 0.15) is 16.2 Å². The number of rotatable bonds is 5. The third kappa shape index (κ3) is 4.53. The summed E-state index contributed by atoms with van der Waals surface area (Å²) < 4.78 is 29.7. The van der Waals surface area contributed by atoms with E-state index in [2.05, 4.69) is 29.4 Å². The Labute approximate surface area is 122 Å². The highest BCUT2D eigenvalue weighted by molar-refractivity contribution is 7.60. The van der Waals surface area contributed by atoms with E-state index in [0.29, 0.717) is 0 Å². The molecule has 0 bridgehead atoms. The third-order valence-corrected chi connectivity index (χ3v) is 4.33. The smallest absolute Gasteiger partial charge is 0.336 e. The van der Waals surface area contributed by atoms with E-state index in [-0.39, 0.29) is 17.2 Å². The zero-order valence-electron chi connectivity index (χ0n) is 10.6. The molecule has 0 radical (unpaired) electrons. The van der Waals surface area contributed by atoms with Crippen LogP contribution in [0, 0.1) is 0 Å². The van der Waals surface area contributed by atoms with Crippen LogP contribution in [0.2, 0.25) is 0 Å². The van der Waals surface area contributed by atoms with Gasteiger partial charge in [-0.15, -0.1) is 0 Å². The summed E-state index contributed by atoms with van der Waals surface area (Å²) in [6, 6.07) is 0. The molecule has 0 aromatic carbocycles. The Morgan fingerprint density at radius 1 is 1.32 bits per heavy atom. The van der Waals surface area contributed by atoms with Crippen molar-refractivity contribution in [2.45, 2.75) is 12.9 Å². The van der Waals surface area contributed by atoms with E-state index in [1.54, 1.807) is 0 Å². The monoisotopic (exact) mass is 355 g/mol. The lowest BCUT2D eigenvalue weighted by atomic mass is 10.3. The van der Waals surface area contributed by atoms with E-state index < -0.39 is 34.4 Å². The highest BCUT2D eigenvalue weighted by Gasteiger charge is 2.32. The molecule has 122 valence electrons. The van der Waals surface area contributed by atoms with Crippen molar-refractivity contribution in [2.24, 2.45) is 5.73 Å². The van der Waals surface area contributed by atoms with E-state index in [9.17, 15) is 13.9 Å². The Balaban J connectivity index is 2.09. The molecule has 1 aromatic rings. The number of nitrogens with one attached hydrogen (secondary N) is 2. The normalized spacial score (nSPS) is 20.5. The highest BCUT2D eigenvalue weighted by Crippen LogP contribution is 2.57. The van der Waals surface area contributed by atoms with Gasteiger partial charge in [0.25, 0.3) is 5.91 Å². The fraction of sp³-hybridized carbons (Fsp3) is 0.286. The van der Waals surface area contributed by atoms with Gasteiger partial charge in [0.1, 0.15) is 6.61 Å². The fourth-order valence-electron chi connectivity index (χ4n) is 1.46. The number of nitrogens with zero attached hydrogens (tertiary/aromatic N) is 2. The minimum absolute atomic E-state index is 0.0465. The molecule has 22 heavy (non-hydrogen) atoms. The molecule has 1 amide bonds. The maximum absolute atomic E-state index is 11.6. The van der Waals surface area contributed by atoms with Crippen LogP contribution in [0.5, 0.6) is 0 Å². The fourth-order valence-corrected chi connectivity index (χ4v) is 3.02. The van der Waals surface area contributed by atoms with Gasteiger partial charge in [-0.1, -0.05) is 0 Å². The molecule has 0 spiro atoms. The van der Waals surface area contributed by atoms with Gasteiger partial charge in [0.15, 0.2) is 17.8 Å². The van der Waals surface area contributed by atoms with E-state index >= 15 is 0 Å². The molecule has 0 saturated heterocycles.